The Morgan fingerprint density at radius 1 is 0.861 bits per heavy atom. The molecule has 186 valence electrons. The van der Waals surface area contributed by atoms with Gasteiger partial charge in [-0.25, -0.2) is 4.79 Å². The van der Waals surface area contributed by atoms with Crippen molar-refractivity contribution in [3.63, 3.8) is 0 Å². The normalized spacial score (nSPS) is 10.4. The van der Waals surface area contributed by atoms with Gasteiger partial charge < -0.3 is 25.8 Å². The van der Waals surface area contributed by atoms with Crippen LogP contribution in [0, 0.1) is 6.92 Å². The monoisotopic (exact) mass is 509 g/mol. The van der Waals surface area contributed by atoms with E-state index in [2.05, 4.69) is 16.0 Å². The van der Waals surface area contributed by atoms with E-state index < -0.39 is 31.0 Å². The van der Waals surface area contributed by atoms with Crippen LogP contribution in [0.5, 0.6) is 0 Å². The number of benzene rings is 3. The number of carbonyl (C=O) groups is 4. The first kappa shape index (κ1) is 26.4. The van der Waals surface area contributed by atoms with Gasteiger partial charge in [0.2, 0.25) is 17.7 Å². The first-order valence-electron chi connectivity index (χ1n) is 10.8. The number of halogens is 1. The number of nitrogens with one attached hydrogen (secondary N) is 3. The predicted molar refractivity (Wildman–Crippen MR) is 137 cm³/mol. The van der Waals surface area contributed by atoms with Gasteiger partial charge in [-0.3, -0.25) is 14.4 Å². The minimum Gasteiger partial charge on any atom is -0.478 e. The van der Waals surface area contributed by atoms with Gasteiger partial charge in [0.25, 0.3) is 0 Å². The molecule has 9 nitrogen and oxygen atoms in total. The second-order valence-corrected chi connectivity index (χ2v) is 8.25. The van der Waals surface area contributed by atoms with Crippen molar-refractivity contribution in [2.24, 2.45) is 0 Å². The van der Waals surface area contributed by atoms with E-state index in [0.29, 0.717) is 11.4 Å². The molecule has 0 bridgehead atoms. The lowest BCUT2D eigenvalue weighted by Crippen LogP contribution is -2.25. The lowest BCUT2D eigenvalue weighted by Gasteiger charge is -2.12. The first-order chi connectivity index (χ1) is 17.1. The second kappa shape index (κ2) is 12.0. The highest BCUT2D eigenvalue weighted by atomic mass is 35.5. The van der Waals surface area contributed by atoms with Gasteiger partial charge in [0, 0.05) is 18.3 Å². The van der Waals surface area contributed by atoms with E-state index in [1.165, 1.54) is 25.1 Å². The third-order valence-corrected chi connectivity index (χ3v) is 5.34. The number of aromatic carboxylic acids is 1. The van der Waals surface area contributed by atoms with Crippen LogP contribution in [0.25, 0.3) is 11.1 Å². The molecule has 10 heteroatoms. The molecule has 0 atom stereocenters. The molecule has 0 radical (unpaired) electrons. The molecule has 3 aromatic carbocycles. The molecule has 0 heterocycles. The fraction of sp³-hybridized carbons (Fsp3) is 0.154. The Hall–Kier alpha value is -4.21. The van der Waals surface area contributed by atoms with E-state index in [1.807, 2.05) is 37.3 Å². The van der Waals surface area contributed by atoms with Crippen molar-refractivity contribution in [2.45, 2.75) is 13.8 Å². The first-order valence-corrected chi connectivity index (χ1v) is 11.2. The maximum Gasteiger partial charge on any atom is 0.337 e. The maximum absolute atomic E-state index is 12.4. The van der Waals surface area contributed by atoms with Gasteiger partial charge in [0.05, 0.1) is 16.3 Å². The van der Waals surface area contributed by atoms with Gasteiger partial charge in [0.15, 0.2) is 0 Å². The summed E-state index contributed by atoms with van der Waals surface area (Å²) in [5, 5.41) is 17.2. The highest BCUT2D eigenvalue weighted by molar-refractivity contribution is 6.34. The zero-order valence-corrected chi connectivity index (χ0v) is 20.3. The summed E-state index contributed by atoms with van der Waals surface area (Å²) in [5.41, 5.74) is 3.66. The standard InChI is InChI=1S/C26H24ClN3O6/c1-15-6-7-18(17-8-10-19(11-9-17)28-16(2)31)12-22(15)29-23(32)13-36-14-24(33)30-25-20(26(34)35)4-3-5-21(25)27/h3-12H,13-14H2,1-2H3,(H,28,31)(H,29,32)(H,30,33)(H,34,35). The van der Waals surface area contributed by atoms with Gasteiger partial charge in [0.1, 0.15) is 13.2 Å². The summed E-state index contributed by atoms with van der Waals surface area (Å²) in [6.07, 6.45) is 0. The van der Waals surface area contributed by atoms with Crippen LogP contribution < -0.4 is 16.0 Å². The van der Waals surface area contributed by atoms with Crippen molar-refractivity contribution in [3.05, 3.63) is 76.8 Å². The predicted octanol–water partition coefficient (Wildman–Crippen LogP) is 4.57. The number of para-hydroxylation sites is 1. The second-order valence-electron chi connectivity index (χ2n) is 7.84. The summed E-state index contributed by atoms with van der Waals surface area (Å²) in [6, 6.07) is 17.1. The smallest absolute Gasteiger partial charge is 0.337 e. The van der Waals surface area contributed by atoms with Crippen molar-refractivity contribution in [3.8, 4) is 11.1 Å². The molecule has 0 spiro atoms. The molecule has 3 rings (SSSR count). The topological polar surface area (TPSA) is 134 Å². The number of hydrogen-bond acceptors (Lipinski definition) is 5. The summed E-state index contributed by atoms with van der Waals surface area (Å²) in [5.74, 6) is -2.52. The number of carboxylic acids is 1. The molecule has 0 saturated carbocycles. The van der Waals surface area contributed by atoms with Crippen LogP contribution in [-0.2, 0) is 19.1 Å². The molecule has 0 fully saturated rings. The molecule has 0 aliphatic rings. The Morgan fingerprint density at radius 3 is 2.14 bits per heavy atom. The van der Waals surface area contributed by atoms with Crippen molar-refractivity contribution in [2.75, 3.05) is 29.2 Å². The van der Waals surface area contributed by atoms with Crippen LogP contribution >= 0.6 is 11.6 Å². The van der Waals surface area contributed by atoms with E-state index in [1.54, 1.807) is 12.1 Å². The summed E-state index contributed by atoms with van der Waals surface area (Å²) < 4.78 is 5.19. The van der Waals surface area contributed by atoms with Crippen LogP contribution in [0.4, 0.5) is 17.1 Å². The van der Waals surface area contributed by atoms with Crippen molar-refractivity contribution in [1.82, 2.24) is 0 Å². The zero-order chi connectivity index (χ0) is 26.2. The number of aryl methyl sites for hydroxylation is 1. The minimum absolute atomic E-state index is 0.0396. The molecule has 0 aliphatic heterocycles. The fourth-order valence-corrected chi connectivity index (χ4v) is 3.53. The van der Waals surface area contributed by atoms with Gasteiger partial charge in [-0.05, 0) is 53.9 Å². The number of ether oxygens (including phenoxy) is 1. The summed E-state index contributed by atoms with van der Waals surface area (Å²) >= 11 is 5.99. The summed E-state index contributed by atoms with van der Waals surface area (Å²) in [7, 11) is 0. The number of carboxylic acid groups (broad SMARTS) is 1. The Kier molecular flexibility index (Phi) is 8.77. The largest absolute Gasteiger partial charge is 0.478 e. The van der Waals surface area contributed by atoms with Gasteiger partial charge in [-0.1, -0.05) is 41.9 Å². The third-order valence-electron chi connectivity index (χ3n) is 5.03. The van der Waals surface area contributed by atoms with Gasteiger partial charge >= 0.3 is 5.97 Å². The number of anilines is 3. The minimum atomic E-state index is -1.24. The molecular weight excluding hydrogens is 486 g/mol. The van der Waals surface area contributed by atoms with E-state index in [9.17, 15) is 24.3 Å². The molecule has 3 amide bonds. The summed E-state index contributed by atoms with van der Waals surface area (Å²) in [4.78, 5) is 47.1. The average Bonchev–Trinajstić information content (AvgIpc) is 2.82. The fourth-order valence-electron chi connectivity index (χ4n) is 3.31. The van der Waals surface area contributed by atoms with E-state index in [0.717, 1.165) is 16.7 Å². The molecule has 0 unspecified atom stereocenters. The van der Waals surface area contributed by atoms with Crippen molar-refractivity contribution < 1.29 is 29.0 Å². The lowest BCUT2D eigenvalue weighted by atomic mass is 10.0. The molecule has 0 aromatic heterocycles. The van der Waals surface area contributed by atoms with Crippen LogP contribution in [0.15, 0.2) is 60.7 Å². The average molecular weight is 510 g/mol. The third kappa shape index (κ3) is 7.14. The van der Waals surface area contributed by atoms with Crippen LogP contribution in [-0.4, -0.2) is 42.0 Å². The number of carbonyl (C=O) groups excluding carboxylic acids is 3. The molecule has 3 aromatic rings. The quantitative estimate of drug-likeness (QED) is 0.334. The zero-order valence-electron chi connectivity index (χ0n) is 19.6. The van der Waals surface area contributed by atoms with E-state index >= 15 is 0 Å². The summed E-state index contributed by atoms with van der Waals surface area (Å²) in [6.45, 7) is 2.42. The van der Waals surface area contributed by atoms with Crippen molar-refractivity contribution >= 4 is 52.4 Å². The number of rotatable bonds is 9. The Bertz CT molecular complexity index is 1310. The molecule has 36 heavy (non-hydrogen) atoms. The van der Waals surface area contributed by atoms with Crippen LogP contribution in [0.3, 0.4) is 0 Å². The molecular formula is C26H24ClN3O6. The molecule has 0 saturated heterocycles. The van der Waals surface area contributed by atoms with Crippen LogP contribution in [0.1, 0.15) is 22.8 Å². The highest BCUT2D eigenvalue weighted by Gasteiger charge is 2.16. The molecule has 0 aliphatic carbocycles. The number of amides is 3. The lowest BCUT2D eigenvalue weighted by molar-refractivity contribution is -0.125. The van der Waals surface area contributed by atoms with E-state index in [4.69, 9.17) is 16.3 Å². The number of hydrogen-bond donors (Lipinski definition) is 4. The van der Waals surface area contributed by atoms with Crippen molar-refractivity contribution in [1.29, 1.82) is 0 Å². The Labute approximate surface area is 212 Å². The Balaban J connectivity index is 1.56. The van der Waals surface area contributed by atoms with Gasteiger partial charge in [-0.15, -0.1) is 0 Å². The Morgan fingerprint density at radius 2 is 1.50 bits per heavy atom. The van der Waals surface area contributed by atoms with Gasteiger partial charge in [-0.2, -0.15) is 0 Å². The highest BCUT2D eigenvalue weighted by Crippen LogP contribution is 2.27. The van der Waals surface area contributed by atoms with Crippen LogP contribution in [0.2, 0.25) is 5.02 Å². The maximum atomic E-state index is 12.4. The molecule has 4 N–H and O–H groups in total. The SMILES string of the molecule is CC(=O)Nc1ccc(-c2ccc(C)c(NC(=O)COCC(=O)Nc3c(Cl)cccc3C(=O)O)c2)cc1. The van der Waals surface area contributed by atoms with E-state index in [-0.39, 0.29) is 22.2 Å².